The standard InChI is InChI=1S/C31H38O11/c1-15-19(40-16(2)32)13-31(38)26(41-27(37)18-10-8-7-9-11-18)24-29(6,25(36)23(35)22(15)28(31,4)5)20(34)12-21-30(24,14-39-21)42-17(3)33/h7-11,19-21,23-24,26,34-35,38H,12-14H2,1-6H3/t19-,20-,21-,23-,24+,26+,29-,30+,31-/m1/s1. The number of aliphatic hydroxyl groups excluding tert-OH is 2. The molecule has 1 aromatic rings. The van der Waals surface area contributed by atoms with Crippen LogP contribution in [0.1, 0.15) is 64.7 Å². The van der Waals surface area contributed by atoms with E-state index in [0.717, 1.165) is 0 Å². The highest BCUT2D eigenvalue weighted by molar-refractivity contribution is 5.94. The summed E-state index contributed by atoms with van der Waals surface area (Å²) in [4.78, 5) is 52.9. The Morgan fingerprint density at radius 1 is 1.00 bits per heavy atom. The molecule has 3 N–H and O–H groups in total. The number of carbonyl (C=O) groups is 4. The van der Waals surface area contributed by atoms with E-state index in [4.69, 9.17) is 18.9 Å². The third-order valence-corrected chi connectivity index (χ3v) is 10.2. The highest BCUT2D eigenvalue weighted by Gasteiger charge is 2.78. The first-order valence-corrected chi connectivity index (χ1v) is 14.1. The van der Waals surface area contributed by atoms with Crippen LogP contribution in [0.4, 0.5) is 0 Å². The summed E-state index contributed by atoms with van der Waals surface area (Å²) in [6.45, 7) is 8.48. The molecule has 3 aliphatic carbocycles. The van der Waals surface area contributed by atoms with Gasteiger partial charge in [-0.1, -0.05) is 32.0 Å². The van der Waals surface area contributed by atoms with Crippen molar-refractivity contribution in [2.75, 3.05) is 6.61 Å². The van der Waals surface area contributed by atoms with Gasteiger partial charge in [0.25, 0.3) is 0 Å². The Morgan fingerprint density at radius 2 is 1.64 bits per heavy atom. The fraction of sp³-hybridized carbons (Fsp3) is 0.613. The number of carbonyl (C=O) groups excluding carboxylic acids is 4. The van der Waals surface area contributed by atoms with Gasteiger partial charge >= 0.3 is 17.9 Å². The lowest BCUT2D eigenvalue weighted by Gasteiger charge is -2.67. The van der Waals surface area contributed by atoms with Crippen molar-refractivity contribution in [3.63, 3.8) is 0 Å². The third kappa shape index (κ3) is 4.08. The zero-order chi connectivity index (χ0) is 31.0. The number of rotatable bonds is 4. The van der Waals surface area contributed by atoms with Gasteiger partial charge in [-0.15, -0.1) is 0 Å². The number of hydrogen-bond acceptors (Lipinski definition) is 11. The first-order valence-electron chi connectivity index (χ1n) is 14.1. The van der Waals surface area contributed by atoms with Crippen molar-refractivity contribution in [1.29, 1.82) is 0 Å². The van der Waals surface area contributed by atoms with Crippen LogP contribution in [0.15, 0.2) is 41.5 Å². The molecule has 0 spiro atoms. The first-order chi connectivity index (χ1) is 19.5. The molecule has 3 fully saturated rings. The van der Waals surface area contributed by atoms with Crippen molar-refractivity contribution >= 4 is 23.7 Å². The summed E-state index contributed by atoms with van der Waals surface area (Å²) in [7, 11) is 0. The van der Waals surface area contributed by atoms with Crippen LogP contribution in [0.2, 0.25) is 0 Å². The van der Waals surface area contributed by atoms with E-state index in [9.17, 15) is 34.5 Å². The van der Waals surface area contributed by atoms with Crippen LogP contribution in [0.25, 0.3) is 0 Å². The Kier molecular flexibility index (Phi) is 7.20. The zero-order valence-electron chi connectivity index (χ0n) is 24.6. The fourth-order valence-corrected chi connectivity index (χ4v) is 7.97. The van der Waals surface area contributed by atoms with Crippen LogP contribution in [-0.4, -0.2) is 87.3 Å². The lowest BCUT2D eigenvalue weighted by Crippen LogP contribution is -2.81. The average molecular weight is 587 g/mol. The minimum absolute atomic E-state index is 0.103. The summed E-state index contributed by atoms with van der Waals surface area (Å²) < 4.78 is 23.4. The molecule has 42 heavy (non-hydrogen) atoms. The molecular weight excluding hydrogens is 548 g/mol. The molecule has 2 saturated carbocycles. The molecule has 0 unspecified atom stereocenters. The van der Waals surface area contributed by atoms with E-state index in [0.29, 0.717) is 5.57 Å². The number of ketones is 1. The monoisotopic (exact) mass is 586 g/mol. The van der Waals surface area contributed by atoms with E-state index >= 15 is 0 Å². The number of esters is 3. The Morgan fingerprint density at radius 3 is 2.19 bits per heavy atom. The van der Waals surface area contributed by atoms with Gasteiger partial charge in [0.1, 0.15) is 30.0 Å². The highest BCUT2D eigenvalue weighted by Crippen LogP contribution is 2.64. The van der Waals surface area contributed by atoms with Crippen LogP contribution in [0, 0.1) is 16.7 Å². The van der Waals surface area contributed by atoms with E-state index in [1.165, 1.54) is 32.9 Å². The summed E-state index contributed by atoms with van der Waals surface area (Å²) >= 11 is 0. The average Bonchev–Trinajstić information content (AvgIpc) is 2.90. The maximum absolute atomic E-state index is 14.5. The first kappa shape index (κ1) is 30.3. The molecule has 5 rings (SSSR count). The van der Waals surface area contributed by atoms with E-state index in [1.54, 1.807) is 39.0 Å². The van der Waals surface area contributed by atoms with E-state index in [1.807, 2.05) is 0 Å². The zero-order valence-corrected chi connectivity index (χ0v) is 24.6. The lowest BCUT2D eigenvalue weighted by molar-refractivity contribution is -0.345. The largest absolute Gasteiger partial charge is 0.458 e. The smallest absolute Gasteiger partial charge is 0.338 e. The molecule has 0 amide bonds. The summed E-state index contributed by atoms with van der Waals surface area (Å²) in [5.41, 5.74) is -6.37. The van der Waals surface area contributed by atoms with E-state index < -0.39 is 82.2 Å². The fourth-order valence-electron chi connectivity index (χ4n) is 7.97. The van der Waals surface area contributed by atoms with Gasteiger partial charge in [0.05, 0.1) is 29.6 Å². The van der Waals surface area contributed by atoms with Gasteiger partial charge in [-0.25, -0.2) is 4.79 Å². The lowest BCUT2D eigenvalue weighted by atomic mass is 9.44. The van der Waals surface area contributed by atoms with Crippen molar-refractivity contribution in [2.24, 2.45) is 16.7 Å². The number of Topliss-reactive ketones (excluding diaryl/α,β-unsaturated/α-hetero) is 1. The number of benzene rings is 1. The van der Waals surface area contributed by atoms with Crippen LogP contribution in [-0.2, 0) is 33.3 Å². The van der Waals surface area contributed by atoms with Crippen LogP contribution >= 0.6 is 0 Å². The van der Waals surface area contributed by atoms with Crippen molar-refractivity contribution in [3.8, 4) is 0 Å². The Bertz CT molecular complexity index is 1350. The molecule has 0 aromatic heterocycles. The van der Waals surface area contributed by atoms with E-state index in [2.05, 4.69) is 0 Å². The Labute approximate surface area is 243 Å². The van der Waals surface area contributed by atoms with Crippen molar-refractivity contribution < 1.29 is 53.4 Å². The molecule has 228 valence electrons. The van der Waals surface area contributed by atoms with Gasteiger partial charge in [0.2, 0.25) is 0 Å². The number of fused-ring (bicyclic) bond motifs is 5. The molecule has 9 atom stereocenters. The Balaban J connectivity index is 1.82. The second kappa shape index (κ2) is 9.97. The topological polar surface area (TPSA) is 166 Å². The van der Waals surface area contributed by atoms with Crippen molar-refractivity contribution in [1.82, 2.24) is 0 Å². The predicted molar refractivity (Wildman–Crippen MR) is 145 cm³/mol. The van der Waals surface area contributed by atoms with Gasteiger partial charge in [0, 0.05) is 32.1 Å². The third-order valence-electron chi connectivity index (χ3n) is 10.2. The van der Waals surface area contributed by atoms with Crippen LogP contribution < -0.4 is 0 Å². The quantitative estimate of drug-likeness (QED) is 0.267. The highest BCUT2D eigenvalue weighted by atomic mass is 16.6. The van der Waals surface area contributed by atoms with Gasteiger partial charge < -0.3 is 34.3 Å². The molecule has 0 radical (unpaired) electrons. The summed E-state index contributed by atoms with van der Waals surface area (Å²) in [6, 6.07) is 8.05. The second-order valence-electron chi connectivity index (χ2n) is 12.8. The summed E-state index contributed by atoms with van der Waals surface area (Å²) in [5, 5.41) is 36.2. The van der Waals surface area contributed by atoms with Crippen molar-refractivity contribution in [2.45, 2.75) is 96.1 Å². The normalized spacial score (nSPS) is 40.4. The molecule has 2 bridgehead atoms. The molecule has 1 aliphatic heterocycles. The molecule has 11 heteroatoms. The van der Waals surface area contributed by atoms with Crippen LogP contribution in [0.3, 0.4) is 0 Å². The van der Waals surface area contributed by atoms with Crippen LogP contribution in [0.5, 0.6) is 0 Å². The van der Waals surface area contributed by atoms with Crippen molar-refractivity contribution in [3.05, 3.63) is 47.0 Å². The molecule has 1 aromatic carbocycles. The minimum Gasteiger partial charge on any atom is -0.458 e. The Hall–Kier alpha value is -3.12. The number of aliphatic hydroxyl groups is 3. The van der Waals surface area contributed by atoms with Gasteiger partial charge in [0.15, 0.2) is 11.4 Å². The molecule has 4 aliphatic rings. The summed E-state index contributed by atoms with van der Waals surface area (Å²) in [6.07, 6.45) is -7.19. The molecule has 1 saturated heterocycles. The molecule has 11 nitrogen and oxygen atoms in total. The summed E-state index contributed by atoms with van der Waals surface area (Å²) in [5.74, 6) is -4.35. The SMILES string of the molecule is CC(=O)O[C@@H]1C[C@@]2(O)[C@@H](OC(=O)c3ccccc3)[C@@H]3[C@]4(OC(C)=O)CO[C@@H]4C[C@@H](O)[C@@]3(C)C(=O)[C@H](O)C(=C1C)C2(C)C. The van der Waals surface area contributed by atoms with E-state index in [-0.39, 0.29) is 30.6 Å². The van der Waals surface area contributed by atoms with Gasteiger partial charge in [-0.05, 0) is 37.1 Å². The van der Waals surface area contributed by atoms with Gasteiger partial charge in [-0.2, -0.15) is 0 Å². The molecular formula is C31H38O11. The van der Waals surface area contributed by atoms with Gasteiger partial charge in [-0.3, -0.25) is 14.4 Å². The molecule has 1 heterocycles. The maximum atomic E-state index is 14.5. The second-order valence-corrected chi connectivity index (χ2v) is 12.8. The predicted octanol–water partition coefficient (Wildman–Crippen LogP) is 1.65. The minimum atomic E-state index is -2.11. The maximum Gasteiger partial charge on any atom is 0.338 e. The number of ether oxygens (including phenoxy) is 4. The number of hydrogen-bond donors (Lipinski definition) is 3.